The van der Waals surface area contributed by atoms with Gasteiger partial charge in [0.05, 0.1) is 6.42 Å². The summed E-state index contributed by atoms with van der Waals surface area (Å²) in [6.07, 6.45) is 9.67. The van der Waals surface area contributed by atoms with Gasteiger partial charge in [0.15, 0.2) is 0 Å². The maximum Gasteiger partial charge on any atom is 0.305 e. The standard InChI is InChI=1S/C17H32N2O4/c1-2-18-15(20)11-9-7-5-3-4-6-8-10-12-16(21)19-14-13-17(22)23/h2-14H2,1H3,(H,18,20)(H,19,21)(H,22,23). The molecule has 6 nitrogen and oxygen atoms in total. The summed E-state index contributed by atoms with van der Waals surface area (Å²) in [4.78, 5) is 32.9. The summed E-state index contributed by atoms with van der Waals surface area (Å²) in [6.45, 7) is 2.85. The molecule has 0 aliphatic carbocycles. The van der Waals surface area contributed by atoms with Gasteiger partial charge < -0.3 is 15.7 Å². The molecule has 3 N–H and O–H groups in total. The number of hydrogen-bond donors (Lipinski definition) is 3. The molecule has 0 spiro atoms. The van der Waals surface area contributed by atoms with E-state index in [1.54, 1.807) is 0 Å². The summed E-state index contributed by atoms with van der Waals surface area (Å²) in [6, 6.07) is 0. The lowest BCUT2D eigenvalue weighted by molar-refractivity contribution is -0.137. The average Bonchev–Trinajstić information content (AvgIpc) is 2.49. The van der Waals surface area contributed by atoms with Crippen LogP contribution in [0.4, 0.5) is 0 Å². The van der Waals surface area contributed by atoms with Gasteiger partial charge in [-0.3, -0.25) is 14.4 Å². The van der Waals surface area contributed by atoms with E-state index in [2.05, 4.69) is 10.6 Å². The number of carboxylic acid groups (broad SMARTS) is 1. The fourth-order valence-electron chi connectivity index (χ4n) is 2.31. The van der Waals surface area contributed by atoms with Gasteiger partial charge in [0.1, 0.15) is 0 Å². The lowest BCUT2D eigenvalue weighted by Crippen LogP contribution is -2.25. The van der Waals surface area contributed by atoms with Gasteiger partial charge in [-0.25, -0.2) is 0 Å². The molecule has 0 heterocycles. The van der Waals surface area contributed by atoms with E-state index in [0.717, 1.165) is 38.5 Å². The minimum absolute atomic E-state index is 0.0220. The van der Waals surface area contributed by atoms with Crippen LogP contribution in [-0.4, -0.2) is 36.0 Å². The zero-order valence-electron chi connectivity index (χ0n) is 14.4. The minimum atomic E-state index is -0.892. The van der Waals surface area contributed by atoms with Gasteiger partial charge in [0.25, 0.3) is 0 Å². The Balaban J connectivity index is 3.22. The number of rotatable bonds is 15. The van der Waals surface area contributed by atoms with Crippen molar-refractivity contribution in [1.82, 2.24) is 10.6 Å². The molecule has 0 aliphatic heterocycles. The summed E-state index contributed by atoms with van der Waals surface area (Å²) < 4.78 is 0. The monoisotopic (exact) mass is 328 g/mol. The zero-order chi connectivity index (χ0) is 17.3. The molecule has 0 radical (unpaired) electrons. The van der Waals surface area contributed by atoms with Crippen molar-refractivity contribution in [3.63, 3.8) is 0 Å². The number of carbonyl (C=O) groups is 3. The lowest BCUT2D eigenvalue weighted by Gasteiger charge is -2.04. The smallest absolute Gasteiger partial charge is 0.305 e. The number of amides is 2. The maximum atomic E-state index is 11.4. The molecule has 0 aliphatic rings. The third-order valence-electron chi connectivity index (χ3n) is 3.59. The molecule has 0 bridgehead atoms. The molecule has 0 atom stereocenters. The third-order valence-corrected chi connectivity index (χ3v) is 3.59. The molecule has 134 valence electrons. The van der Waals surface area contributed by atoms with Crippen LogP contribution in [0.5, 0.6) is 0 Å². The SMILES string of the molecule is CCNC(=O)CCCCCCCCCCC(=O)NCCC(=O)O. The predicted octanol–water partition coefficient (Wildman–Crippen LogP) is 2.61. The van der Waals surface area contributed by atoms with E-state index in [-0.39, 0.29) is 24.8 Å². The van der Waals surface area contributed by atoms with E-state index in [0.29, 0.717) is 19.4 Å². The molecule has 2 amide bonds. The lowest BCUT2D eigenvalue weighted by atomic mass is 10.1. The number of hydrogen-bond acceptors (Lipinski definition) is 3. The fraction of sp³-hybridized carbons (Fsp3) is 0.824. The number of carboxylic acids is 1. The maximum absolute atomic E-state index is 11.4. The number of aliphatic carboxylic acids is 1. The van der Waals surface area contributed by atoms with Crippen LogP contribution in [0, 0.1) is 0 Å². The number of nitrogens with one attached hydrogen (secondary N) is 2. The first-order valence-electron chi connectivity index (χ1n) is 8.81. The Morgan fingerprint density at radius 1 is 0.696 bits per heavy atom. The van der Waals surface area contributed by atoms with Crippen molar-refractivity contribution >= 4 is 17.8 Å². The summed E-state index contributed by atoms with van der Waals surface area (Å²) in [5.41, 5.74) is 0. The van der Waals surface area contributed by atoms with Gasteiger partial charge >= 0.3 is 5.97 Å². The Morgan fingerprint density at radius 3 is 1.57 bits per heavy atom. The molecular weight excluding hydrogens is 296 g/mol. The van der Waals surface area contributed by atoms with Crippen molar-refractivity contribution in [2.75, 3.05) is 13.1 Å². The summed E-state index contributed by atoms with van der Waals surface area (Å²) in [5.74, 6) is -0.804. The van der Waals surface area contributed by atoms with Crippen LogP contribution in [0.3, 0.4) is 0 Å². The molecular formula is C17H32N2O4. The summed E-state index contributed by atoms with van der Waals surface area (Å²) in [5, 5.41) is 13.9. The third kappa shape index (κ3) is 16.6. The molecule has 0 fully saturated rings. The second kappa shape index (κ2) is 15.3. The Kier molecular flexibility index (Phi) is 14.3. The van der Waals surface area contributed by atoms with Gasteiger partial charge in [-0.05, 0) is 19.8 Å². The van der Waals surface area contributed by atoms with Gasteiger partial charge in [-0.15, -0.1) is 0 Å². The van der Waals surface area contributed by atoms with Gasteiger partial charge in [-0.2, -0.15) is 0 Å². The van der Waals surface area contributed by atoms with Crippen LogP contribution in [0.2, 0.25) is 0 Å². The normalized spacial score (nSPS) is 10.3. The van der Waals surface area contributed by atoms with Crippen LogP contribution >= 0.6 is 0 Å². The second-order valence-corrected chi connectivity index (χ2v) is 5.78. The van der Waals surface area contributed by atoms with E-state index in [9.17, 15) is 14.4 Å². The molecule has 0 aromatic rings. The quantitative estimate of drug-likeness (QED) is 0.403. The largest absolute Gasteiger partial charge is 0.481 e. The summed E-state index contributed by atoms with van der Waals surface area (Å²) in [7, 11) is 0. The van der Waals surface area contributed by atoms with Crippen molar-refractivity contribution < 1.29 is 19.5 Å². The predicted molar refractivity (Wildman–Crippen MR) is 90.1 cm³/mol. The van der Waals surface area contributed by atoms with Crippen LogP contribution in [0.25, 0.3) is 0 Å². The highest BCUT2D eigenvalue weighted by Gasteiger charge is 2.02. The first-order valence-corrected chi connectivity index (χ1v) is 8.81. The molecule has 0 rings (SSSR count). The van der Waals surface area contributed by atoms with Crippen molar-refractivity contribution in [2.45, 2.75) is 77.6 Å². The Morgan fingerprint density at radius 2 is 1.13 bits per heavy atom. The van der Waals surface area contributed by atoms with E-state index >= 15 is 0 Å². The van der Waals surface area contributed by atoms with E-state index in [4.69, 9.17) is 5.11 Å². The molecule has 0 aromatic carbocycles. The number of carbonyl (C=O) groups excluding carboxylic acids is 2. The minimum Gasteiger partial charge on any atom is -0.481 e. The van der Waals surface area contributed by atoms with E-state index in [1.807, 2.05) is 6.92 Å². The van der Waals surface area contributed by atoms with Crippen molar-refractivity contribution in [3.05, 3.63) is 0 Å². The molecule has 23 heavy (non-hydrogen) atoms. The van der Waals surface area contributed by atoms with Crippen LogP contribution in [0.1, 0.15) is 77.6 Å². The van der Waals surface area contributed by atoms with Crippen LogP contribution in [0.15, 0.2) is 0 Å². The Labute approximate surface area is 139 Å². The van der Waals surface area contributed by atoms with Crippen molar-refractivity contribution in [1.29, 1.82) is 0 Å². The van der Waals surface area contributed by atoms with Crippen molar-refractivity contribution in [3.8, 4) is 0 Å². The molecule has 0 unspecified atom stereocenters. The zero-order valence-corrected chi connectivity index (χ0v) is 14.4. The van der Waals surface area contributed by atoms with Gasteiger partial charge in [-0.1, -0.05) is 38.5 Å². The Hall–Kier alpha value is -1.59. The van der Waals surface area contributed by atoms with Gasteiger partial charge in [0, 0.05) is 25.9 Å². The summed E-state index contributed by atoms with van der Waals surface area (Å²) >= 11 is 0. The van der Waals surface area contributed by atoms with Gasteiger partial charge in [0.2, 0.25) is 11.8 Å². The first-order chi connectivity index (χ1) is 11.1. The topological polar surface area (TPSA) is 95.5 Å². The molecule has 6 heteroatoms. The molecule has 0 saturated carbocycles. The van der Waals surface area contributed by atoms with E-state index in [1.165, 1.54) is 12.8 Å². The highest BCUT2D eigenvalue weighted by molar-refractivity contribution is 5.76. The van der Waals surface area contributed by atoms with Crippen LogP contribution in [-0.2, 0) is 14.4 Å². The first kappa shape index (κ1) is 21.4. The number of unbranched alkanes of at least 4 members (excludes halogenated alkanes) is 7. The fourth-order valence-corrected chi connectivity index (χ4v) is 2.31. The second-order valence-electron chi connectivity index (χ2n) is 5.78. The molecule has 0 saturated heterocycles. The van der Waals surface area contributed by atoms with E-state index < -0.39 is 5.97 Å². The Bertz CT molecular complexity index is 345. The highest BCUT2D eigenvalue weighted by Crippen LogP contribution is 2.10. The average molecular weight is 328 g/mol. The molecule has 0 aromatic heterocycles. The van der Waals surface area contributed by atoms with Crippen LogP contribution < -0.4 is 10.6 Å². The van der Waals surface area contributed by atoms with Crippen molar-refractivity contribution in [2.24, 2.45) is 0 Å². The highest BCUT2D eigenvalue weighted by atomic mass is 16.4.